The number of ether oxygens (including phenoxy) is 1. The Balaban J connectivity index is 1.91. The van der Waals surface area contributed by atoms with Gasteiger partial charge in [0.05, 0.1) is 10.9 Å². The van der Waals surface area contributed by atoms with Crippen molar-refractivity contribution >= 4 is 40.6 Å². The average Bonchev–Trinajstić information content (AvgIpc) is 2.79. The number of hydrogen-bond acceptors (Lipinski definition) is 5. The van der Waals surface area contributed by atoms with Crippen LogP contribution in [0.4, 0.5) is 0 Å². The lowest BCUT2D eigenvalue weighted by atomic mass is 10.1. The van der Waals surface area contributed by atoms with Crippen LogP contribution in [0.15, 0.2) is 47.3 Å². The van der Waals surface area contributed by atoms with Gasteiger partial charge in [-0.2, -0.15) is 0 Å². The Morgan fingerprint density at radius 2 is 1.88 bits per heavy atom. The number of aromatic amines is 1. The predicted molar refractivity (Wildman–Crippen MR) is 135 cm³/mol. The molecule has 1 amide bonds. The number of nitrogens with zero attached hydrogens (tertiary/aromatic N) is 3. The monoisotopic (exact) mass is 488 g/mol. The number of carbonyl (C=O) groups is 1. The van der Waals surface area contributed by atoms with Crippen molar-refractivity contribution in [3.8, 4) is 0 Å². The molecule has 9 heteroatoms. The van der Waals surface area contributed by atoms with Crippen molar-refractivity contribution in [2.75, 3.05) is 40.9 Å². The van der Waals surface area contributed by atoms with Crippen molar-refractivity contribution in [3.05, 3.63) is 73.7 Å². The van der Waals surface area contributed by atoms with Gasteiger partial charge in [0.15, 0.2) is 4.77 Å². The van der Waals surface area contributed by atoms with Crippen molar-refractivity contribution in [3.63, 3.8) is 0 Å². The first kappa shape index (κ1) is 25.1. The van der Waals surface area contributed by atoms with Crippen LogP contribution in [0.5, 0.6) is 0 Å². The number of aromatic nitrogens is 2. The highest BCUT2D eigenvalue weighted by Gasteiger charge is 2.18. The third-order valence-electron chi connectivity index (χ3n) is 5.35. The third kappa shape index (κ3) is 6.51. The summed E-state index contributed by atoms with van der Waals surface area (Å²) < 4.78 is 6.93. The SMILES string of the molecule is COCCCn1c(=S)[nH]c2cc(C(=O)N(CCN(C)C)Cc3ccc(Cl)cc3)ccc2c1=O. The Morgan fingerprint density at radius 3 is 2.55 bits per heavy atom. The van der Waals surface area contributed by atoms with Gasteiger partial charge in [0, 0.05) is 50.5 Å². The van der Waals surface area contributed by atoms with E-state index in [0.29, 0.717) is 58.9 Å². The molecule has 0 spiro atoms. The molecule has 33 heavy (non-hydrogen) atoms. The molecule has 0 unspecified atom stereocenters. The van der Waals surface area contributed by atoms with Gasteiger partial charge in [-0.15, -0.1) is 0 Å². The topological polar surface area (TPSA) is 70.6 Å². The second-order valence-corrected chi connectivity index (χ2v) is 8.97. The number of hydrogen-bond donors (Lipinski definition) is 1. The summed E-state index contributed by atoms with van der Waals surface area (Å²) in [5, 5.41) is 1.15. The molecular weight excluding hydrogens is 460 g/mol. The zero-order chi connectivity index (χ0) is 24.0. The number of halogens is 1. The normalized spacial score (nSPS) is 11.3. The Hall–Kier alpha value is -2.52. The van der Waals surface area contributed by atoms with Gasteiger partial charge in [0.2, 0.25) is 0 Å². The second-order valence-electron chi connectivity index (χ2n) is 8.15. The van der Waals surface area contributed by atoms with E-state index in [1.54, 1.807) is 30.2 Å². The number of H-pyrrole nitrogens is 1. The molecule has 0 aliphatic heterocycles. The number of methoxy groups -OCH3 is 1. The lowest BCUT2D eigenvalue weighted by Crippen LogP contribution is -2.36. The maximum absolute atomic E-state index is 13.4. The quantitative estimate of drug-likeness (QED) is 0.345. The average molecular weight is 489 g/mol. The fourth-order valence-electron chi connectivity index (χ4n) is 3.52. The smallest absolute Gasteiger partial charge is 0.262 e. The number of likely N-dealkylation sites (N-methyl/N-ethyl adjacent to an activating group) is 1. The summed E-state index contributed by atoms with van der Waals surface area (Å²) in [5.74, 6) is -0.114. The zero-order valence-electron chi connectivity index (χ0n) is 19.1. The van der Waals surface area contributed by atoms with Crippen LogP contribution in [-0.4, -0.2) is 66.2 Å². The summed E-state index contributed by atoms with van der Waals surface area (Å²) in [5.41, 5.74) is 1.87. The third-order valence-corrected chi connectivity index (χ3v) is 5.92. The van der Waals surface area contributed by atoms with Crippen LogP contribution in [0.25, 0.3) is 10.9 Å². The summed E-state index contributed by atoms with van der Waals surface area (Å²) in [4.78, 5) is 33.3. The number of benzene rings is 2. The van der Waals surface area contributed by atoms with Gasteiger partial charge in [-0.3, -0.25) is 14.2 Å². The number of rotatable bonds is 10. The van der Waals surface area contributed by atoms with Crippen LogP contribution in [0.1, 0.15) is 22.3 Å². The lowest BCUT2D eigenvalue weighted by Gasteiger charge is -2.25. The number of fused-ring (bicyclic) bond motifs is 1. The van der Waals surface area contributed by atoms with Crippen LogP contribution in [-0.2, 0) is 17.8 Å². The van der Waals surface area contributed by atoms with E-state index in [2.05, 4.69) is 4.98 Å². The summed E-state index contributed by atoms with van der Waals surface area (Å²) in [6, 6.07) is 12.6. The van der Waals surface area contributed by atoms with E-state index in [-0.39, 0.29) is 11.5 Å². The van der Waals surface area contributed by atoms with Crippen molar-refractivity contribution in [1.29, 1.82) is 0 Å². The van der Waals surface area contributed by atoms with Crippen LogP contribution in [0, 0.1) is 4.77 Å². The van der Waals surface area contributed by atoms with Crippen molar-refractivity contribution in [1.82, 2.24) is 19.4 Å². The highest BCUT2D eigenvalue weighted by molar-refractivity contribution is 7.71. The Kier molecular flexibility index (Phi) is 8.80. The van der Waals surface area contributed by atoms with Gasteiger partial charge in [-0.1, -0.05) is 23.7 Å². The van der Waals surface area contributed by atoms with Crippen molar-refractivity contribution < 1.29 is 9.53 Å². The van der Waals surface area contributed by atoms with Gasteiger partial charge < -0.3 is 19.5 Å². The molecule has 0 aliphatic rings. The van der Waals surface area contributed by atoms with E-state index < -0.39 is 0 Å². The van der Waals surface area contributed by atoms with E-state index in [1.165, 1.54) is 4.57 Å². The van der Waals surface area contributed by atoms with E-state index in [1.807, 2.05) is 43.3 Å². The summed E-state index contributed by atoms with van der Waals surface area (Å²) >= 11 is 11.4. The van der Waals surface area contributed by atoms with Gasteiger partial charge in [0.25, 0.3) is 11.5 Å². The minimum absolute atomic E-state index is 0.114. The maximum Gasteiger partial charge on any atom is 0.262 e. The maximum atomic E-state index is 13.4. The van der Waals surface area contributed by atoms with Crippen LogP contribution < -0.4 is 5.56 Å². The molecule has 3 aromatic rings. The molecule has 0 aliphatic carbocycles. The predicted octanol–water partition coefficient (Wildman–Crippen LogP) is 3.95. The van der Waals surface area contributed by atoms with E-state index in [9.17, 15) is 9.59 Å². The first-order valence-corrected chi connectivity index (χ1v) is 11.5. The minimum Gasteiger partial charge on any atom is -0.385 e. The fourth-order valence-corrected chi connectivity index (χ4v) is 3.93. The summed E-state index contributed by atoms with van der Waals surface area (Å²) in [6.07, 6.45) is 0.682. The molecule has 1 heterocycles. The highest BCUT2D eigenvalue weighted by atomic mass is 35.5. The molecule has 0 saturated heterocycles. The van der Waals surface area contributed by atoms with Crippen LogP contribution in [0.3, 0.4) is 0 Å². The molecule has 0 atom stereocenters. The van der Waals surface area contributed by atoms with E-state index in [0.717, 1.165) is 12.1 Å². The Labute approximate surface area is 203 Å². The van der Waals surface area contributed by atoms with Crippen molar-refractivity contribution in [2.45, 2.75) is 19.5 Å². The molecule has 1 N–H and O–H groups in total. The number of carbonyl (C=O) groups excluding carboxylic acids is 1. The van der Waals surface area contributed by atoms with E-state index in [4.69, 9.17) is 28.6 Å². The Bertz CT molecular complexity index is 1220. The fraction of sp³-hybridized carbons (Fsp3) is 0.375. The van der Waals surface area contributed by atoms with Crippen LogP contribution >= 0.6 is 23.8 Å². The highest BCUT2D eigenvalue weighted by Crippen LogP contribution is 2.16. The molecule has 0 saturated carbocycles. The van der Waals surface area contributed by atoms with Gasteiger partial charge in [-0.25, -0.2) is 0 Å². The number of nitrogens with one attached hydrogen (secondary N) is 1. The molecule has 7 nitrogen and oxygen atoms in total. The molecular formula is C24H29ClN4O3S. The summed E-state index contributed by atoms with van der Waals surface area (Å²) in [7, 11) is 5.56. The lowest BCUT2D eigenvalue weighted by molar-refractivity contribution is 0.0732. The second kappa shape index (κ2) is 11.6. The minimum atomic E-state index is -0.172. The molecule has 3 rings (SSSR count). The molecule has 2 aromatic carbocycles. The first-order valence-electron chi connectivity index (χ1n) is 10.7. The first-order chi connectivity index (χ1) is 15.8. The summed E-state index contributed by atoms with van der Waals surface area (Å²) in [6.45, 7) is 2.76. The molecule has 0 radical (unpaired) electrons. The van der Waals surface area contributed by atoms with Gasteiger partial charge >= 0.3 is 0 Å². The standard InChI is InChI=1S/C24H29ClN4O3S/c1-27(2)12-13-28(16-17-5-8-19(25)9-6-17)22(30)18-7-10-20-21(15-18)26-24(33)29(23(20)31)11-4-14-32-3/h5-10,15H,4,11-14,16H2,1-3H3,(H,26,33). The largest absolute Gasteiger partial charge is 0.385 e. The van der Waals surface area contributed by atoms with Crippen molar-refractivity contribution in [2.24, 2.45) is 0 Å². The zero-order valence-corrected chi connectivity index (χ0v) is 20.7. The molecule has 1 aromatic heterocycles. The van der Waals surface area contributed by atoms with E-state index >= 15 is 0 Å². The molecule has 0 fully saturated rings. The van der Waals surface area contributed by atoms with Crippen LogP contribution in [0.2, 0.25) is 5.02 Å². The molecule has 176 valence electrons. The molecule has 0 bridgehead atoms. The van der Waals surface area contributed by atoms with Gasteiger partial charge in [0.1, 0.15) is 0 Å². The number of amides is 1. The van der Waals surface area contributed by atoms with Gasteiger partial charge in [-0.05, 0) is 68.6 Å². The Morgan fingerprint density at radius 1 is 1.15 bits per heavy atom.